The normalized spacial score (nSPS) is 11.0. The molecule has 2 aromatic carbocycles. The van der Waals surface area contributed by atoms with Crippen molar-refractivity contribution < 1.29 is 22.4 Å². The highest BCUT2D eigenvalue weighted by molar-refractivity contribution is 9.10. The Morgan fingerprint density at radius 2 is 1.64 bits per heavy atom. The molecule has 0 bridgehead atoms. The fourth-order valence-corrected chi connectivity index (χ4v) is 1.98. The van der Waals surface area contributed by atoms with Gasteiger partial charge in [-0.2, -0.15) is 0 Å². The Balaban J connectivity index is 2.15. The van der Waals surface area contributed by atoms with Crippen LogP contribution in [-0.4, -0.2) is 5.91 Å². The molecule has 0 aromatic heterocycles. The largest absolute Gasteiger partial charge is 0.320 e. The lowest BCUT2D eigenvalue weighted by molar-refractivity contribution is -0.111. The predicted octanol–water partition coefficient (Wildman–Crippen LogP) is 4.66. The van der Waals surface area contributed by atoms with Crippen LogP contribution in [0.15, 0.2) is 40.9 Å². The summed E-state index contributed by atoms with van der Waals surface area (Å²) >= 11 is 3.15. The summed E-state index contributed by atoms with van der Waals surface area (Å²) in [5.74, 6) is -5.13. The lowest BCUT2D eigenvalue weighted by atomic mass is 10.2. The van der Waals surface area contributed by atoms with Gasteiger partial charge in [-0.25, -0.2) is 17.6 Å². The van der Waals surface area contributed by atoms with Crippen LogP contribution in [0.2, 0.25) is 0 Å². The smallest absolute Gasteiger partial charge is 0.248 e. The van der Waals surface area contributed by atoms with Crippen molar-refractivity contribution in [2.45, 2.75) is 0 Å². The Labute approximate surface area is 131 Å². The summed E-state index contributed by atoms with van der Waals surface area (Å²) < 4.78 is 53.2. The predicted molar refractivity (Wildman–Crippen MR) is 78.1 cm³/mol. The number of carbonyl (C=O) groups excluding carboxylic acids is 1. The van der Waals surface area contributed by atoms with Crippen molar-refractivity contribution in [1.82, 2.24) is 0 Å². The fraction of sp³-hybridized carbons (Fsp3) is 0. The third kappa shape index (κ3) is 3.94. The first-order chi connectivity index (χ1) is 10.4. The number of anilines is 1. The van der Waals surface area contributed by atoms with Crippen LogP contribution in [0.1, 0.15) is 5.56 Å². The van der Waals surface area contributed by atoms with Crippen molar-refractivity contribution in [3.8, 4) is 0 Å². The van der Waals surface area contributed by atoms with Gasteiger partial charge in [-0.05, 0) is 24.3 Å². The van der Waals surface area contributed by atoms with Gasteiger partial charge in [0.25, 0.3) is 0 Å². The van der Waals surface area contributed by atoms with E-state index in [0.29, 0.717) is 16.6 Å². The van der Waals surface area contributed by atoms with Crippen molar-refractivity contribution in [1.29, 1.82) is 0 Å². The number of amides is 1. The summed E-state index contributed by atoms with van der Waals surface area (Å²) in [6.07, 6.45) is 2.12. The minimum Gasteiger partial charge on any atom is -0.320 e. The molecule has 22 heavy (non-hydrogen) atoms. The quantitative estimate of drug-likeness (QED) is 0.473. The number of hydrogen-bond acceptors (Lipinski definition) is 1. The molecule has 0 spiro atoms. The average Bonchev–Trinajstić information content (AvgIpc) is 2.45. The SMILES string of the molecule is O=C(/C=C/c1cc(Br)ccc1F)Nc1cc(F)c(F)cc1F. The molecule has 0 saturated carbocycles. The zero-order chi connectivity index (χ0) is 16.3. The first kappa shape index (κ1) is 16.2. The summed E-state index contributed by atoms with van der Waals surface area (Å²) in [7, 11) is 0. The second-order valence-electron chi connectivity index (χ2n) is 4.23. The average molecular weight is 374 g/mol. The van der Waals surface area contributed by atoms with E-state index >= 15 is 0 Å². The summed E-state index contributed by atoms with van der Waals surface area (Å²) in [5.41, 5.74) is -0.376. The minimum atomic E-state index is -1.36. The van der Waals surface area contributed by atoms with Crippen LogP contribution in [0, 0.1) is 23.3 Å². The molecule has 114 valence electrons. The highest BCUT2D eigenvalue weighted by Crippen LogP contribution is 2.19. The Morgan fingerprint density at radius 3 is 2.36 bits per heavy atom. The number of halogens is 5. The molecule has 0 atom stereocenters. The van der Waals surface area contributed by atoms with E-state index in [2.05, 4.69) is 15.9 Å². The van der Waals surface area contributed by atoms with Gasteiger partial charge in [-0.15, -0.1) is 0 Å². The highest BCUT2D eigenvalue weighted by Gasteiger charge is 2.11. The maximum Gasteiger partial charge on any atom is 0.248 e. The first-order valence-electron chi connectivity index (χ1n) is 5.95. The number of benzene rings is 2. The Hall–Kier alpha value is -2.15. The molecule has 0 saturated heterocycles. The standard InChI is InChI=1S/C15H8BrF4NO/c16-9-2-3-10(17)8(5-9)1-4-15(22)21-14-7-12(19)11(18)6-13(14)20/h1-7H,(H,21,22)/b4-1+. The molecule has 2 nitrogen and oxygen atoms in total. The van der Waals surface area contributed by atoms with Gasteiger partial charge in [0, 0.05) is 28.2 Å². The van der Waals surface area contributed by atoms with E-state index in [1.807, 2.05) is 5.32 Å². The van der Waals surface area contributed by atoms with E-state index in [0.717, 1.165) is 6.08 Å². The van der Waals surface area contributed by atoms with Gasteiger partial charge in [0.15, 0.2) is 11.6 Å². The van der Waals surface area contributed by atoms with E-state index in [1.54, 1.807) is 0 Å². The summed E-state index contributed by atoms with van der Waals surface area (Å²) in [5, 5.41) is 2.04. The molecule has 0 aliphatic rings. The van der Waals surface area contributed by atoms with E-state index in [4.69, 9.17) is 0 Å². The third-order valence-electron chi connectivity index (χ3n) is 2.64. The van der Waals surface area contributed by atoms with Gasteiger partial charge in [-0.1, -0.05) is 15.9 Å². The lowest BCUT2D eigenvalue weighted by Crippen LogP contribution is -2.10. The van der Waals surface area contributed by atoms with Gasteiger partial charge < -0.3 is 5.32 Å². The Bertz CT molecular complexity index is 761. The molecule has 0 aliphatic heterocycles. The van der Waals surface area contributed by atoms with Gasteiger partial charge in [0.2, 0.25) is 5.91 Å². The lowest BCUT2D eigenvalue weighted by Gasteiger charge is -2.04. The summed E-state index contributed by atoms with van der Waals surface area (Å²) in [4.78, 5) is 11.6. The minimum absolute atomic E-state index is 0.135. The molecular formula is C15H8BrF4NO. The number of rotatable bonds is 3. The second-order valence-corrected chi connectivity index (χ2v) is 5.15. The third-order valence-corrected chi connectivity index (χ3v) is 3.13. The topological polar surface area (TPSA) is 29.1 Å². The number of nitrogens with one attached hydrogen (secondary N) is 1. The van der Waals surface area contributed by atoms with Crippen molar-refractivity contribution in [3.05, 3.63) is 69.7 Å². The fourth-order valence-electron chi connectivity index (χ4n) is 1.60. The molecule has 1 amide bonds. The van der Waals surface area contributed by atoms with Crippen LogP contribution in [0.4, 0.5) is 23.2 Å². The Kier molecular flexibility index (Phi) is 4.97. The van der Waals surface area contributed by atoms with Crippen LogP contribution in [0.3, 0.4) is 0 Å². The molecule has 0 heterocycles. The summed E-state index contributed by atoms with van der Waals surface area (Å²) in [6, 6.07) is 4.98. The van der Waals surface area contributed by atoms with Gasteiger partial charge in [0.1, 0.15) is 11.6 Å². The van der Waals surface area contributed by atoms with Gasteiger partial charge in [0.05, 0.1) is 5.69 Å². The second kappa shape index (κ2) is 6.74. The van der Waals surface area contributed by atoms with Crippen LogP contribution >= 0.6 is 15.9 Å². The van der Waals surface area contributed by atoms with Crippen LogP contribution < -0.4 is 5.32 Å². The van der Waals surface area contributed by atoms with E-state index in [9.17, 15) is 22.4 Å². The van der Waals surface area contributed by atoms with E-state index in [-0.39, 0.29) is 5.56 Å². The van der Waals surface area contributed by atoms with E-state index < -0.39 is 34.9 Å². The summed E-state index contributed by atoms with van der Waals surface area (Å²) in [6.45, 7) is 0. The zero-order valence-electron chi connectivity index (χ0n) is 10.8. The van der Waals surface area contributed by atoms with Crippen molar-refractivity contribution in [2.75, 3.05) is 5.32 Å². The van der Waals surface area contributed by atoms with Gasteiger partial charge in [-0.3, -0.25) is 4.79 Å². The molecule has 0 unspecified atom stereocenters. The molecule has 7 heteroatoms. The highest BCUT2D eigenvalue weighted by atomic mass is 79.9. The van der Waals surface area contributed by atoms with Crippen LogP contribution in [-0.2, 0) is 4.79 Å². The monoisotopic (exact) mass is 373 g/mol. The first-order valence-corrected chi connectivity index (χ1v) is 6.75. The van der Waals surface area contributed by atoms with Crippen molar-refractivity contribution in [3.63, 3.8) is 0 Å². The van der Waals surface area contributed by atoms with E-state index in [1.165, 1.54) is 24.3 Å². The van der Waals surface area contributed by atoms with Gasteiger partial charge >= 0.3 is 0 Å². The molecular weight excluding hydrogens is 366 g/mol. The Morgan fingerprint density at radius 1 is 0.955 bits per heavy atom. The molecule has 0 radical (unpaired) electrons. The number of hydrogen-bond donors (Lipinski definition) is 1. The molecule has 1 N–H and O–H groups in total. The molecule has 2 aromatic rings. The zero-order valence-corrected chi connectivity index (χ0v) is 12.4. The van der Waals surface area contributed by atoms with Crippen molar-refractivity contribution in [2.24, 2.45) is 0 Å². The maximum absolute atomic E-state index is 13.5. The maximum atomic E-state index is 13.5. The van der Waals surface area contributed by atoms with Crippen LogP contribution in [0.25, 0.3) is 6.08 Å². The molecule has 0 fully saturated rings. The van der Waals surface area contributed by atoms with Crippen molar-refractivity contribution >= 4 is 33.6 Å². The number of carbonyl (C=O) groups is 1. The molecule has 0 aliphatic carbocycles. The molecule has 2 rings (SSSR count). The van der Waals surface area contributed by atoms with Crippen LogP contribution in [0.5, 0.6) is 0 Å².